The fourth-order valence-corrected chi connectivity index (χ4v) is 1.59. The fourth-order valence-electron chi connectivity index (χ4n) is 1.41. The largest absolute Gasteiger partial charge is 0.249 e. The van der Waals surface area contributed by atoms with E-state index in [2.05, 4.69) is 58.4 Å². The van der Waals surface area contributed by atoms with Crippen LogP contribution < -0.4 is 0 Å². The second-order valence-electron chi connectivity index (χ2n) is 4.61. The highest BCUT2D eigenvalue weighted by molar-refractivity contribution is 9.09. The van der Waals surface area contributed by atoms with E-state index in [-0.39, 0.29) is 5.41 Å². The Morgan fingerprint density at radius 2 is 1.93 bits per heavy atom. The van der Waals surface area contributed by atoms with Crippen LogP contribution in [0.1, 0.15) is 39.3 Å². The molecule has 0 bridgehead atoms. The number of aromatic nitrogens is 3. The third-order valence-corrected chi connectivity index (χ3v) is 3.88. The van der Waals surface area contributed by atoms with Crippen LogP contribution in [0, 0.1) is 5.41 Å². The molecule has 0 radical (unpaired) electrons. The van der Waals surface area contributed by atoms with Crippen LogP contribution in [-0.2, 0) is 19.4 Å². The maximum atomic E-state index is 4.52. The molecule has 3 nitrogen and oxygen atoms in total. The highest BCUT2D eigenvalue weighted by Gasteiger charge is 2.19. The Bertz CT molecular complexity index is 318. The van der Waals surface area contributed by atoms with Crippen molar-refractivity contribution in [2.24, 2.45) is 5.41 Å². The second kappa shape index (κ2) is 5.10. The minimum Gasteiger partial charge on any atom is -0.249 e. The molecule has 0 unspecified atom stereocenters. The van der Waals surface area contributed by atoms with Gasteiger partial charge in [0, 0.05) is 24.7 Å². The highest BCUT2D eigenvalue weighted by atomic mass is 79.9. The quantitative estimate of drug-likeness (QED) is 0.773. The first-order valence-electron chi connectivity index (χ1n) is 5.51. The van der Waals surface area contributed by atoms with Gasteiger partial charge in [0.05, 0.1) is 0 Å². The maximum absolute atomic E-state index is 4.52. The Morgan fingerprint density at radius 1 is 1.27 bits per heavy atom. The summed E-state index contributed by atoms with van der Waals surface area (Å²) in [5.41, 5.74) is 0.225. The average Bonchev–Trinajstić information content (AvgIpc) is 2.59. The Balaban J connectivity index is 2.88. The maximum Gasteiger partial charge on any atom is 0.150 e. The van der Waals surface area contributed by atoms with Gasteiger partial charge in [-0.15, -0.1) is 0 Å². The molecular weight excluding hydrogens is 254 g/mol. The Hall–Kier alpha value is -0.380. The molecule has 0 aliphatic carbocycles. The summed E-state index contributed by atoms with van der Waals surface area (Å²) in [6, 6.07) is 0. The van der Waals surface area contributed by atoms with Gasteiger partial charge in [0.1, 0.15) is 5.82 Å². The summed E-state index contributed by atoms with van der Waals surface area (Å²) in [7, 11) is 0. The van der Waals surface area contributed by atoms with E-state index in [0.29, 0.717) is 0 Å². The molecule has 0 fully saturated rings. The molecule has 0 spiro atoms. The lowest BCUT2D eigenvalue weighted by molar-refractivity contribution is 0.328. The predicted molar refractivity (Wildman–Crippen MR) is 66.4 cm³/mol. The van der Waals surface area contributed by atoms with Crippen molar-refractivity contribution in [1.29, 1.82) is 0 Å². The molecule has 0 aromatic carbocycles. The van der Waals surface area contributed by atoms with Gasteiger partial charge in [-0.05, 0) is 5.41 Å². The molecule has 0 N–H and O–H groups in total. The Morgan fingerprint density at radius 3 is 2.40 bits per heavy atom. The van der Waals surface area contributed by atoms with E-state index >= 15 is 0 Å². The third kappa shape index (κ3) is 3.30. The van der Waals surface area contributed by atoms with Gasteiger partial charge in [0.25, 0.3) is 0 Å². The molecule has 86 valence electrons. The van der Waals surface area contributed by atoms with Gasteiger partial charge < -0.3 is 0 Å². The average molecular weight is 274 g/mol. The Kier molecular flexibility index (Phi) is 4.32. The van der Waals surface area contributed by atoms with Gasteiger partial charge in [-0.2, -0.15) is 5.10 Å². The number of hydrogen-bond donors (Lipinski definition) is 0. The van der Waals surface area contributed by atoms with Gasteiger partial charge in [-0.25, -0.2) is 9.67 Å². The number of aryl methyl sites for hydroxylation is 2. The summed E-state index contributed by atoms with van der Waals surface area (Å²) in [6.07, 6.45) is 1.86. The van der Waals surface area contributed by atoms with Gasteiger partial charge in [-0.3, -0.25) is 0 Å². The molecule has 15 heavy (non-hydrogen) atoms. The minimum atomic E-state index is 0.225. The van der Waals surface area contributed by atoms with Crippen LogP contribution in [0.25, 0.3) is 0 Å². The summed E-state index contributed by atoms with van der Waals surface area (Å²) in [6.45, 7) is 9.60. The molecule has 1 rings (SSSR count). The van der Waals surface area contributed by atoms with Gasteiger partial charge in [0.15, 0.2) is 5.82 Å². The molecule has 0 saturated carbocycles. The number of hydrogen-bond acceptors (Lipinski definition) is 2. The minimum absolute atomic E-state index is 0.225. The zero-order chi connectivity index (χ0) is 11.5. The third-order valence-electron chi connectivity index (χ3n) is 2.36. The van der Waals surface area contributed by atoms with Crippen LogP contribution in [0.2, 0.25) is 0 Å². The summed E-state index contributed by atoms with van der Waals surface area (Å²) < 4.78 is 2.06. The predicted octanol–water partition coefficient (Wildman–Crippen LogP) is 2.82. The molecule has 1 aromatic heterocycles. The molecule has 1 heterocycles. The van der Waals surface area contributed by atoms with Crippen molar-refractivity contribution in [2.75, 3.05) is 5.33 Å². The van der Waals surface area contributed by atoms with Gasteiger partial charge >= 0.3 is 0 Å². The monoisotopic (exact) mass is 273 g/mol. The highest BCUT2D eigenvalue weighted by Crippen LogP contribution is 2.21. The summed E-state index contributed by atoms with van der Waals surface area (Å²) >= 11 is 3.54. The van der Waals surface area contributed by atoms with Crippen molar-refractivity contribution in [2.45, 2.75) is 47.1 Å². The standard InChI is InChI=1S/C11H20BrN3/c1-5-9-13-10(6-2)15(14-9)8-11(3,4)7-12/h5-8H2,1-4H3. The Labute approximate surface area is 100 Å². The van der Waals surface area contributed by atoms with E-state index in [1.165, 1.54) is 0 Å². The van der Waals surface area contributed by atoms with Crippen LogP contribution in [-0.4, -0.2) is 20.1 Å². The van der Waals surface area contributed by atoms with Crippen molar-refractivity contribution in [3.63, 3.8) is 0 Å². The van der Waals surface area contributed by atoms with Crippen molar-refractivity contribution in [3.05, 3.63) is 11.6 Å². The van der Waals surface area contributed by atoms with E-state index in [1.807, 2.05) is 0 Å². The number of alkyl halides is 1. The number of nitrogens with zero attached hydrogens (tertiary/aromatic N) is 3. The number of rotatable bonds is 5. The summed E-state index contributed by atoms with van der Waals surface area (Å²) in [5, 5.41) is 5.49. The zero-order valence-corrected chi connectivity index (χ0v) is 11.6. The van der Waals surface area contributed by atoms with Crippen molar-refractivity contribution < 1.29 is 0 Å². The molecule has 0 aliphatic rings. The molecule has 1 aromatic rings. The van der Waals surface area contributed by atoms with Gasteiger partial charge in [0.2, 0.25) is 0 Å². The van der Waals surface area contributed by atoms with Gasteiger partial charge in [-0.1, -0.05) is 43.6 Å². The topological polar surface area (TPSA) is 30.7 Å². The molecule has 4 heteroatoms. The lowest BCUT2D eigenvalue weighted by Crippen LogP contribution is -2.23. The molecular formula is C11H20BrN3. The van der Waals surface area contributed by atoms with Crippen molar-refractivity contribution in [1.82, 2.24) is 14.8 Å². The smallest absolute Gasteiger partial charge is 0.150 e. The molecule has 0 amide bonds. The van der Waals surface area contributed by atoms with E-state index in [1.54, 1.807) is 0 Å². The summed E-state index contributed by atoms with van der Waals surface area (Å²) in [4.78, 5) is 4.50. The van der Waals surface area contributed by atoms with Crippen molar-refractivity contribution >= 4 is 15.9 Å². The van der Waals surface area contributed by atoms with Crippen LogP contribution in [0.5, 0.6) is 0 Å². The lowest BCUT2D eigenvalue weighted by atomic mass is 9.97. The van der Waals surface area contributed by atoms with Crippen molar-refractivity contribution in [3.8, 4) is 0 Å². The van der Waals surface area contributed by atoms with Crippen LogP contribution in [0.15, 0.2) is 0 Å². The molecule has 0 atom stereocenters. The SMILES string of the molecule is CCc1nc(CC)n(CC(C)(C)CBr)n1. The fraction of sp³-hybridized carbons (Fsp3) is 0.818. The first-order valence-corrected chi connectivity index (χ1v) is 6.63. The van der Waals surface area contributed by atoms with E-state index in [0.717, 1.165) is 36.4 Å². The second-order valence-corrected chi connectivity index (χ2v) is 5.17. The van der Waals surface area contributed by atoms with Crippen LogP contribution in [0.4, 0.5) is 0 Å². The lowest BCUT2D eigenvalue weighted by Gasteiger charge is -2.21. The van der Waals surface area contributed by atoms with Crippen LogP contribution in [0.3, 0.4) is 0 Å². The van der Waals surface area contributed by atoms with Crippen LogP contribution >= 0.6 is 15.9 Å². The first-order chi connectivity index (χ1) is 7.02. The normalized spacial score (nSPS) is 12.1. The zero-order valence-electron chi connectivity index (χ0n) is 10.0. The number of halogens is 1. The van der Waals surface area contributed by atoms with E-state index < -0.39 is 0 Å². The molecule has 0 saturated heterocycles. The van der Waals surface area contributed by atoms with E-state index in [4.69, 9.17) is 0 Å². The molecule has 0 aliphatic heterocycles. The summed E-state index contributed by atoms with van der Waals surface area (Å²) in [5.74, 6) is 2.05. The first kappa shape index (κ1) is 12.7. The van der Waals surface area contributed by atoms with E-state index in [9.17, 15) is 0 Å².